The Labute approximate surface area is 225 Å². The normalized spacial score (nSPS) is 24.7. The molecule has 14 nitrogen and oxygen atoms in total. The van der Waals surface area contributed by atoms with Crippen LogP contribution in [0.15, 0.2) is 51.3 Å². The number of aromatic nitrogens is 3. The molecule has 0 amide bonds. The number of benzene rings is 1. The second kappa shape index (κ2) is 12.6. The number of nitroso groups, excluding NO2 is 1. The molecule has 1 N–H and O–H groups in total. The van der Waals surface area contributed by atoms with Crippen molar-refractivity contribution in [1.82, 2.24) is 14.8 Å². The van der Waals surface area contributed by atoms with E-state index >= 15 is 4.39 Å². The molecule has 0 radical (unpaired) electrons. The van der Waals surface area contributed by atoms with Crippen molar-refractivity contribution in [1.29, 1.82) is 0 Å². The van der Waals surface area contributed by atoms with Crippen LogP contribution >= 0.6 is 19.4 Å². The van der Waals surface area contributed by atoms with Crippen LogP contribution in [0.4, 0.5) is 4.39 Å². The Balaban J connectivity index is 1.91. The van der Waals surface area contributed by atoms with Gasteiger partial charge in [0, 0.05) is 5.38 Å². The Bertz CT molecular complexity index is 1410. The fraction of sp³-hybridized carbons (Fsp3) is 0.455. The lowest BCUT2D eigenvalue weighted by molar-refractivity contribution is -0.155. The van der Waals surface area contributed by atoms with Gasteiger partial charge >= 0.3 is 19.5 Å². The number of hydrogen-bond acceptors (Lipinski definition) is 12. The van der Waals surface area contributed by atoms with E-state index in [4.69, 9.17) is 34.6 Å². The average molecular weight is 589 g/mol. The van der Waals surface area contributed by atoms with Gasteiger partial charge in [-0.1, -0.05) is 23.4 Å². The van der Waals surface area contributed by atoms with E-state index in [2.05, 4.69) is 10.3 Å². The minimum Gasteiger partial charge on any atom is -0.461 e. The van der Waals surface area contributed by atoms with E-state index in [9.17, 15) is 23.9 Å². The van der Waals surface area contributed by atoms with Gasteiger partial charge in [0.15, 0.2) is 12.1 Å². The monoisotopic (exact) mass is 588 g/mol. The largest absolute Gasteiger partial charge is 0.530 e. The van der Waals surface area contributed by atoms with E-state index in [0.29, 0.717) is 10.9 Å². The lowest BCUT2D eigenvalue weighted by atomic mass is 9.95. The summed E-state index contributed by atoms with van der Waals surface area (Å²) in [7, 11) is -4.69. The highest BCUT2D eigenvalue weighted by Gasteiger charge is 2.61. The molecule has 0 aliphatic carbocycles. The number of nitrogens with zero attached hydrogens (tertiary/aromatic N) is 3. The number of carbonyl (C=O) groups excluding carboxylic acids is 1. The van der Waals surface area contributed by atoms with Crippen molar-refractivity contribution in [3.05, 3.63) is 62.3 Å². The first-order valence-corrected chi connectivity index (χ1v) is 13.1. The number of ether oxygens (including phenoxy) is 2. The molecule has 1 aliphatic heterocycles. The summed E-state index contributed by atoms with van der Waals surface area (Å²) >= 11 is 5.40. The zero-order chi connectivity index (χ0) is 28.8. The number of phosphoric ester groups is 1. The predicted molar refractivity (Wildman–Crippen MR) is 132 cm³/mol. The van der Waals surface area contributed by atoms with Gasteiger partial charge in [0.25, 0.3) is 5.56 Å². The van der Waals surface area contributed by atoms with Crippen LogP contribution in [0.3, 0.4) is 0 Å². The van der Waals surface area contributed by atoms with Gasteiger partial charge in [-0.15, -0.1) is 0 Å². The molecular formula is C22H23ClFN4O10P. The molecule has 210 valence electrons. The van der Waals surface area contributed by atoms with E-state index < -0.39 is 67.9 Å². The first kappa shape index (κ1) is 30.1. The van der Waals surface area contributed by atoms with Crippen molar-refractivity contribution in [2.45, 2.75) is 57.0 Å². The molecule has 1 aromatic heterocycles. The number of esters is 1. The molecule has 0 spiro atoms. The maximum absolute atomic E-state index is 16.0. The van der Waals surface area contributed by atoms with Crippen LogP contribution in [-0.4, -0.2) is 57.4 Å². The van der Waals surface area contributed by atoms with E-state index in [0.717, 1.165) is 0 Å². The van der Waals surface area contributed by atoms with Gasteiger partial charge in [0.1, 0.15) is 18.1 Å². The number of nitrogens with one attached hydrogen (secondary N) is 1. The topological polar surface area (TPSA) is 177 Å². The smallest absolute Gasteiger partial charge is 0.461 e. The highest BCUT2D eigenvalue weighted by molar-refractivity contribution is 7.49. The van der Waals surface area contributed by atoms with Crippen LogP contribution in [0.25, 0.3) is 0 Å². The van der Waals surface area contributed by atoms with Gasteiger partial charge in [0.05, 0.1) is 12.7 Å². The Morgan fingerprint density at radius 3 is 2.62 bits per heavy atom. The Morgan fingerprint density at radius 2 is 2.03 bits per heavy atom. The number of carbonyl (C=O) groups is 1. The fourth-order valence-electron chi connectivity index (χ4n) is 3.42. The van der Waals surface area contributed by atoms with E-state index in [-0.39, 0.29) is 5.75 Å². The van der Waals surface area contributed by atoms with Gasteiger partial charge in [0.2, 0.25) is 11.9 Å². The van der Waals surface area contributed by atoms with Crippen LogP contribution in [0, 0.1) is 16.2 Å². The summed E-state index contributed by atoms with van der Waals surface area (Å²) in [5.74, 6) is 1.08. The van der Waals surface area contributed by atoms with Crippen molar-refractivity contribution in [2.75, 3.05) is 6.61 Å². The van der Waals surface area contributed by atoms with Crippen LogP contribution in [0.2, 0.25) is 0 Å². The third-order valence-electron chi connectivity index (χ3n) is 5.09. The summed E-state index contributed by atoms with van der Waals surface area (Å²) in [6, 6.07) is 5.62. The summed E-state index contributed by atoms with van der Waals surface area (Å²) < 4.78 is 56.6. The highest BCUT2D eigenvalue weighted by atomic mass is 35.5. The number of para-hydroxylation sites is 1. The molecule has 3 rings (SSSR count). The third-order valence-corrected chi connectivity index (χ3v) is 6.65. The molecule has 2 aromatic rings. The molecule has 1 aromatic carbocycles. The van der Waals surface area contributed by atoms with E-state index in [1.807, 2.05) is 10.9 Å². The molecule has 0 saturated carbocycles. The zero-order valence-corrected chi connectivity index (χ0v) is 22.3. The standard InChI is InChI=1S/C22H23ClFN4O10P/c1-13(2)35-19(30)14(3)37-39(33,38-15-7-5-4-6-8-15)34-12-16-18(27-32)22(24,9-10-23)20(36-16)28-21(31)26-17(29)11-25-28/h4-8,11,13-14,16,18,20H,12H2,1-3H3,(H,26,29,31)/t14-,16+,18?,20?,22?,39-/m0/s1. The van der Waals surface area contributed by atoms with E-state index in [1.165, 1.54) is 19.1 Å². The lowest BCUT2D eigenvalue weighted by Crippen LogP contribution is -2.45. The molecule has 3 unspecified atom stereocenters. The molecule has 1 saturated heterocycles. The summed E-state index contributed by atoms with van der Waals surface area (Å²) in [6.45, 7) is 3.56. The first-order chi connectivity index (χ1) is 18.4. The maximum atomic E-state index is 16.0. The minimum absolute atomic E-state index is 0.0253. The Morgan fingerprint density at radius 1 is 1.33 bits per heavy atom. The molecule has 1 aliphatic rings. The van der Waals surface area contributed by atoms with Crippen molar-refractivity contribution in [2.24, 2.45) is 5.18 Å². The Kier molecular flexibility index (Phi) is 9.76. The van der Waals surface area contributed by atoms with Crippen LogP contribution in [-0.2, 0) is 27.9 Å². The lowest BCUT2D eigenvalue weighted by Gasteiger charge is -2.23. The highest BCUT2D eigenvalue weighted by Crippen LogP contribution is 2.52. The predicted octanol–water partition coefficient (Wildman–Crippen LogP) is 2.43. The average Bonchev–Trinajstić information content (AvgIpc) is 3.14. The van der Waals surface area contributed by atoms with Gasteiger partial charge in [-0.3, -0.25) is 18.8 Å². The maximum Gasteiger partial charge on any atom is 0.530 e. The van der Waals surface area contributed by atoms with Crippen LogP contribution < -0.4 is 15.8 Å². The fourth-order valence-corrected chi connectivity index (χ4v) is 4.91. The number of halogens is 2. The number of aromatic amines is 1. The summed E-state index contributed by atoms with van der Waals surface area (Å²) in [4.78, 5) is 49.5. The molecule has 39 heavy (non-hydrogen) atoms. The van der Waals surface area contributed by atoms with Crippen molar-refractivity contribution in [3.63, 3.8) is 0 Å². The summed E-state index contributed by atoms with van der Waals surface area (Å²) in [5.41, 5.74) is -5.10. The molecule has 6 atom stereocenters. The molecule has 0 bridgehead atoms. The van der Waals surface area contributed by atoms with Gasteiger partial charge in [-0.25, -0.2) is 18.5 Å². The van der Waals surface area contributed by atoms with Crippen molar-refractivity contribution < 1.29 is 36.8 Å². The number of phosphoric acid groups is 1. The number of hydrogen-bond donors (Lipinski definition) is 1. The molecular weight excluding hydrogens is 566 g/mol. The number of rotatable bonds is 11. The summed E-state index contributed by atoms with van der Waals surface area (Å²) in [5, 5.41) is 8.03. The van der Waals surface area contributed by atoms with Crippen LogP contribution in [0.1, 0.15) is 27.0 Å². The Hall–Kier alpha value is -3.41. The van der Waals surface area contributed by atoms with Gasteiger partial charge < -0.3 is 14.0 Å². The van der Waals surface area contributed by atoms with Crippen molar-refractivity contribution >= 4 is 25.4 Å². The number of alkyl halides is 1. The quantitative estimate of drug-likeness (QED) is 0.176. The second-order valence-electron chi connectivity index (χ2n) is 8.33. The molecule has 17 heteroatoms. The van der Waals surface area contributed by atoms with Crippen LogP contribution in [0.5, 0.6) is 5.75 Å². The SMILES string of the molecule is CC(C)OC(=O)[C@H](C)O[P@](=O)(OC[C@H]1OC(n2ncc(=O)[nH]c2=O)C(F)(C#CCl)C1N=O)Oc1ccccc1. The van der Waals surface area contributed by atoms with Gasteiger partial charge in [-0.05, 0) is 50.4 Å². The first-order valence-electron chi connectivity index (χ1n) is 11.3. The van der Waals surface area contributed by atoms with Gasteiger partial charge in [-0.2, -0.15) is 14.7 Å². The third kappa shape index (κ3) is 7.17. The molecule has 2 heterocycles. The summed E-state index contributed by atoms with van der Waals surface area (Å²) in [6.07, 6.45) is -4.96. The minimum atomic E-state index is -4.69. The number of H-pyrrole nitrogens is 1. The second-order valence-corrected chi connectivity index (χ2v) is 10.1. The molecule has 1 fully saturated rings. The van der Waals surface area contributed by atoms with Crippen molar-refractivity contribution in [3.8, 4) is 17.0 Å². The van der Waals surface area contributed by atoms with E-state index in [1.54, 1.807) is 37.4 Å². The zero-order valence-electron chi connectivity index (χ0n) is 20.7.